The van der Waals surface area contributed by atoms with Gasteiger partial charge in [0.2, 0.25) is 5.75 Å². The second-order valence-electron chi connectivity index (χ2n) is 5.72. The fraction of sp³-hybridized carbons (Fsp3) is 0.0526. The van der Waals surface area contributed by atoms with Gasteiger partial charge in [-0.1, -0.05) is 35.9 Å². The van der Waals surface area contributed by atoms with Gasteiger partial charge >= 0.3 is 5.69 Å². The Morgan fingerprint density at radius 2 is 1.93 bits per heavy atom. The Labute approximate surface area is 164 Å². The second kappa shape index (κ2) is 7.93. The molecule has 0 atom stereocenters. The minimum Gasteiger partial charge on any atom is -0.502 e. The van der Waals surface area contributed by atoms with Gasteiger partial charge in [-0.3, -0.25) is 14.9 Å². The fourth-order valence-corrected chi connectivity index (χ4v) is 2.85. The monoisotopic (exact) mass is 399 g/mol. The van der Waals surface area contributed by atoms with Gasteiger partial charge in [-0.05, 0) is 29.0 Å². The number of aromatic hydroxyl groups is 1. The summed E-state index contributed by atoms with van der Waals surface area (Å²) >= 11 is 5.82. The lowest BCUT2D eigenvalue weighted by Crippen LogP contribution is -2.18. The standard InChI is InChI=1S/C19H14ClN3O5/c1-28-17-8-12-5-3-2-4-11(12)7-15(17)19(25)22-21-10-13-6-14(20)9-16(18(13)24)23(26)27/h2-10,24H,1H3,(H,22,25)/b21-10+. The molecule has 0 unspecified atom stereocenters. The summed E-state index contributed by atoms with van der Waals surface area (Å²) in [5.74, 6) is -0.779. The van der Waals surface area contributed by atoms with Crippen LogP contribution in [0.1, 0.15) is 15.9 Å². The third-order valence-corrected chi connectivity index (χ3v) is 4.18. The smallest absolute Gasteiger partial charge is 0.312 e. The average molecular weight is 400 g/mol. The van der Waals surface area contributed by atoms with E-state index in [0.29, 0.717) is 5.75 Å². The number of benzene rings is 3. The normalized spacial score (nSPS) is 10.9. The number of carbonyl (C=O) groups excluding carboxylic acids is 1. The zero-order valence-electron chi connectivity index (χ0n) is 14.5. The van der Waals surface area contributed by atoms with E-state index in [1.54, 1.807) is 12.1 Å². The van der Waals surface area contributed by atoms with Crippen molar-refractivity contribution >= 4 is 40.2 Å². The third-order valence-electron chi connectivity index (χ3n) is 3.96. The molecule has 0 bridgehead atoms. The number of nitrogens with zero attached hydrogens (tertiary/aromatic N) is 2. The van der Waals surface area contributed by atoms with Gasteiger partial charge in [0.1, 0.15) is 5.75 Å². The third kappa shape index (κ3) is 3.86. The Hall–Kier alpha value is -3.65. The van der Waals surface area contributed by atoms with Crippen molar-refractivity contribution in [3.8, 4) is 11.5 Å². The van der Waals surface area contributed by atoms with Crippen LogP contribution in [0.15, 0.2) is 53.6 Å². The minimum atomic E-state index is -0.767. The number of amides is 1. The van der Waals surface area contributed by atoms with E-state index in [4.69, 9.17) is 16.3 Å². The van der Waals surface area contributed by atoms with Crippen molar-refractivity contribution in [2.24, 2.45) is 5.10 Å². The molecule has 0 fully saturated rings. The zero-order chi connectivity index (χ0) is 20.3. The lowest BCUT2D eigenvalue weighted by Gasteiger charge is -2.09. The van der Waals surface area contributed by atoms with Gasteiger partial charge in [-0.15, -0.1) is 0 Å². The molecule has 3 aromatic carbocycles. The van der Waals surface area contributed by atoms with E-state index in [9.17, 15) is 20.0 Å². The number of fused-ring (bicyclic) bond motifs is 1. The molecule has 9 heteroatoms. The molecule has 3 aromatic rings. The van der Waals surface area contributed by atoms with Crippen LogP contribution in [-0.4, -0.2) is 29.3 Å². The Bertz CT molecular complexity index is 1110. The highest BCUT2D eigenvalue weighted by Gasteiger charge is 2.18. The molecule has 1 amide bonds. The van der Waals surface area contributed by atoms with Gasteiger partial charge in [0.05, 0.1) is 23.8 Å². The summed E-state index contributed by atoms with van der Waals surface area (Å²) in [4.78, 5) is 22.6. The topological polar surface area (TPSA) is 114 Å². The summed E-state index contributed by atoms with van der Waals surface area (Å²) in [6.07, 6.45) is 1.07. The lowest BCUT2D eigenvalue weighted by atomic mass is 10.1. The molecule has 8 nitrogen and oxygen atoms in total. The van der Waals surface area contributed by atoms with Crippen LogP contribution in [0.2, 0.25) is 5.02 Å². The van der Waals surface area contributed by atoms with Crippen molar-refractivity contribution in [3.05, 3.63) is 74.8 Å². The molecule has 28 heavy (non-hydrogen) atoms. The van der Waals surface area contributed by atoms with E-state index < -0.39 is 22.3 Å². The number of nitrogens with one attached hydrogen (secondary N) is 1. The van der Waals surface area contributed by atoms with Crippen molar-refractivity contribution in [3.63, 3.8) is 0 Å². The first-order valence-corrected chi connectivity index (χ1v) is 8.35. The molecule has 0 radical (unpaired) electrons. The molecule has 0 heterocycles. The number of phenolic OH excluding ortho intramolecular Hbond substituents is 1. The predicted octanol–water partition coefficient (Wildman–Crippen LogP) is 3.88. The number of carbonyl (C=O) groups is 1. The molecule has 0 aliphatic carbocycles. The molecule has 0 aliphatic rings. The summed E-state index contributed by atoms with van der Waals surface area (Å²) < 4.78 is 5.27. The highest BCUT2D eigenvalue weighted by molar-refractivity contribution is 6.31. The number of rotatable bonds is 5. The summed E-state index contributed by atoms with van der Waals surface area (Å²) in [6, 6.07) is 13.2. The van der Waals surface area contributed by atoms with E-state index >= 15 is 0 Å². The number of nitro benzene ring substituents is 1. The van der Waals surface area contributed by atoms with Crippen LogP contribution in [0.3, 0.4) is 0 Å². The molecular formula is C19H14ClN3O5. The highest BCUT2D eigenvalue weighted by atomic mass is 35.5. The first-order valence-electron chi connectivity index (χ1n) is 7.98. The van der Waals surface area contributed by atoms with Crippen LogP contribution in [0, 0.1) is 10.1 Å². The Kier molecular flexibility index (Phi) is 5.42. The molecule has 142 valence electrons. The number of halogens is 1. The number of phenols is 1. The average Bonchev–Trinajstić information content (AvgIpc) is 2.68. The van der Waals surface area contributed by atoms with E-state index in [1.165, 1.54) is 13.2 Å². The summed E-state index contributed by atoms with van der Waals surface area (Å²) in [5.41, 5.74) is 2.00. The van der Waals surface area contributed by atoms with Gasteiger partial charge < -0.3 is 9.84 Å². The van der Waals surface area contributed by atoms with Crippen molar-refractivity contribution in [2.75, 3.05) is 7.11 Å². The Balaban J connectivity index is 1.87. The van der Waals surface area contributed by atoms with Crippen LogP contribution in [0.5, 0.6) is 11.5 Å². The highest BCUT2D eigenvalue weighted by Crippen LogP contribution is 2.32. The van der Waals surface area contributed by atoms with E-state index in [2.05, 4.69) is 10.5 Å². The molecular weight excluding hydrogens is 386 g/mol. The lowest BCUT2D eigenvalue weighted by molar-refractivity contribution is -0.385. The van der Waals surface area contributed by atoms with Crippen molar-refractivity contribution in [1.82, 2.24) is 5.43 Å². The van der Waals surface area contributed by atoms with Crippen LogP contribution in [0.25, 0.3) is 10.8 Å². The van der Waals surface area contributed by atoms with E-state index in [1.807, 2.05) is 24.3 Å². The first-order chi connectivity index (χ1) is 13.4. The minimum absolute atomic E-state index is 0.00928. The Morgan fingerprint density at radius 1 is 1.25 bits per heavy atom. The van der Waals surface area contributed by atoms with Crippen molar-refractivity contribution in [2.45, 2.75) is 0 Å². The largest absolute Gasteiger partial charge is 0.502 e. The summed E-state index contributed by atoms with van der Waals surface area (Å²) in [6.45, 7) is 0. The first kappa shape index (κ1) is 19.1. The SMILES string of the molecule is COc1cc2ccccc2cc1C(=O)N/N=C/c1cc(Cl)cc([N+](=O)[O-])c1O. The predicted molar refractivity (Wildman–Crippen MR) is 105 cm³/mol. The molecule has 0 saturated carbocycles. The number of methoxy groups -OCH3 is 1. The maximum atomic E-state index is 12.5. The van der Waals surface area contributed by atoms with Crippen molar-refractivity contribution < 1.29 is 19.6 Å². The molecule has 0 spiro atoms. The van der Waals surface area contributed by atoms with Crippen LogP contribution in [-0.2, 0) is 0 Å². The maximum Gasteiger partial charge on any atom is 0.312 e. The van der Waals surface area contributed by atoms with Gasteiger partial charge in [0, 0.05) is 16.7 Å². The molecule has 3 rings (SSSR count). The molecule has 0 aliphatic heterocycles. The van der Waals surface area contributed by atoms with Gasteiger partial charge in [-0.2, -0.15) is 5.10 Å². The Morgan fingerprint density at radius 3 is 2.57 bits per heavy atom. The van der Waals surface area contributed by atoms with Crippen LogP contribution in [0.4, 0.5) is 5.69 Å². The number of nitro groups is 1. The molecule has 0 saturated heterocycles. The number of ether oxygens (including phenoxy) is 1. The number of hydrogen-bond donors (Lipinski definition) is 2. The zero-order valence-corrected chi connectivity index (χ0v) is 15.3. The fourth-order valence-electron chi connectivity index (χ4n) is 2.63. The van der Waals surface area contributed by atoms with E-state index in [-0.39, 0.29) is 16.1 Å². The second-order valence-corrected chi connectivity index (χ2v) is 6.16. The summed E-state index contributed by atoms with van der Waals surface area (Å²) in [7, 11) is 1.45. The van der Waals surface area contributed by atoms with Gasteiger partial charge in [0.15, 0.2) is 0 Å². The van der Waals surface area contributed by atoms with E-state index in [0.717, 1.165) is 23.1 Å². The number of hydrogen-bond acceptors (Lipinski definition) is 6. The van der Waals surface area contributed by atoms with Gasteiger partial charge in [-0.25, -0.2) is 5.43 Å². The van der Waals surface area contributed by atoms with Crippen LogP contribution >= 0.6 is 11.6 Å². The van der Waals surface area contributed by atoms with Crippen LogP contribution < -0.4 is 10.2 Å². The van der Waals surface area contributed by atoms with Crippen molar-refractivity contribution in [1.29, 1.82) is 0 Å². The molecule has 0 aromatic heterocycles. The maximum absolute atomic E-state index is 12.5. The molecule has 2 N–H and O–H groups in total. The summed E-state index contributed by atoms with van der Waals surface area (Å²) in [5, 5.41) is 26.4. The quantitative estimate of drug-likeness (QED) is 0.384. The number of hydrazone groups is 1. The van der Waals surface area contributed by atoms with Gasteiger partial charge in [0.25, 0.3) is 5.91 Å².